The molecule has 2 aliphatic rings. The van der Waals surface area contributed by atoms with Crippen LogP contribution in [0.15, 0.2) is 24.3 Å². The van der Waals surface area contributed by atoms with Crippen molar-refractivity contribution in [3.8, 4) is 0 Å². The zero-order valence-electron chi connectivity index (χ0n) is 12.5. The maximum atomic E-state index is 4.84. The fourth-order valence-corrected chi connectivity index (χ4v) is 3.11. The number of anilines is 2. The van der Waals surface area contributed by atoms with Crippen molar-refractivity contribution in [3.05, 3.63) is 24.3 Å². The summed E-state index contributed by atoms with van der Waals surface area (Å²) in [4.78, 5) is 12.0. The minimum atomic E-state index is 0.608. The monoisotopic (exact) mass is 282 g/mol. The molecular formula is C17H22N4. The second kappa shape index (κ2) is 5.17. The van der Waals surface area contributed by atoms with Crippen molar-refractivity contribution >= 4 is 22.7 Å². The minimum Gasteiger partial charge on any atom is -0.367 e. The minimum absolute atomic E-state index is 0.608. The average Bonchev–Trinajstić information content (AvgIpc) is 3.31. The molecule has 1 aliphatic heterocycles. The fourth-order valence-electron chi connectivity index (χ4n) is 3.11. The fraction of sp³-hybridized carbons (Fsp3) is 0.529. The van der Waals surface area contributed by atoms with Gasteiger partial charge in [-0.1, -0.05) is 19.1 Å². The van der Waals surface area contributed by atoms with Crippen molar-refractivity contribution in [1.29, 1.82) is 0 Å². The van der Waals surface area contributed by atoms with Gasteiger partial charge in [-0.05, 0) is 43.7 Å². The molecule has 4 rings (SSSR count). The summed E-state index contributed by atoms with van der Waals surface area (Å²) < 4.78 is 0. The lowest BCUT2D eigenvalue weighted by Crippen LogP contribution is -2.35. The molecule has 4 nitrogen and oxygen atoms in total. The Balaban J connectivity index is 1.74. The molecule has 1 saturated heterocycles. The number of aromatic nitrogens is 2. The van der Waals surface area contributed by atoms with Gasteiger partial charge in [0.2, 0.25) is 5.95 Å². The van der Waals surface area contributed by atoms with Gasteiger partial charge in [0.1, 0.15) is 5.82 Å². The van der Waals surface area contributed by atoms with Crippen molar-refractivity contribution in [2.24, 2.45) is 5.92 Å². The summed E-state index contributed by atoms with van der Waals surface area (Å²) in [5.41, 5.74) is 1.05. The standard InChI is InChI=1S/C17H22N4/c1-12-5-4-10-21(11-12)17-19-15-7-3-2-6-14(15)16(20-17)18-13-8-9-13/h2-3,6-7,12-13H,4-5,8-11H2,1H3,(H,18,19,20). The van der Waals surface area contributed by atoms with Gasteiger partial charge in [-0.15, -0.1) is 0 Å². The van der Waals surface area contributed by atoms with Crippen LogP contribution in [0.4, 0.5) is 11.8 Å². The van der Waals surface area contributed by atoms with Crippen LogP contribution < -0.4 is 10.2 Å². The average molecular weight is 282 g/mol. The highest BCUT2D eigenvalue weighted by Crippen LogP contribution is 2.30. The van der Waals surface area contributed by atoms with Crippen LogP contribution in [0.25, 0.3) is 10.9 Å². The van der Waals surface area contributed by atoms with E-state index in [4.69, 9.17) is 9.97 Å². The molecule has 0 amide bonds. The third-order valence-corrected chi connectivity index (χ3v) is 4.45. The summed E-state index contributed by atoms with van der Waals surface area (Å²) in [6, 6.07) is 8.93. The van der Waals surface area contributed by atoms with Gasteiger partial charge in [-0.2, -0.15) is 4.98 Å². The van der Waals surface area contributed by atoms with Gasteiger partial charge in [-0.25, -0.2) is 4.98 Å². The second-order valence-corrected chi connectivity index (χ2v) is 6.50. The zero-order chi connectivity index (χ0) is 14.2. The van der Waals surface area contributed by atoms with Gasteiger partial charge in [0.05, 0.1) is 5.52 Å². The first-order valence-electron chi connectivity index (χ1n) is 8.08. The van der Waals surface area contributed by atoms with E-state index in [0.717, 1.165) is 41.7 Å². The Kier molecular flexibility index (Phi) is 3.17. The number of fused-ring (bicyclic) bond motifs is 1. The number of hydrogen-bond donors (Lipinski definition) is 1. The number of hydrogen-bond acceptors (Lipinski definition) is 4. The normalized spacial score (nSPS) is 22.5. The Morgan fingerprint density at radius 3 is 2.81 bits per heavy atom. The summed E-state index contributed by atoms with van der Waals surface area (Å²) in [5.74, 6) is 2.63. The number of rotatable bonds is 3. The van der Waals surface area contributed by atoms with Gasteiger partial charge in [0.15, 0.2) is 0 Å². The van der Waals surface area contributed by atoms with E-state index in [1.54, 1.807) is 0 Å². The maximum Gasteiger partial charge on any atom is 0.227 e. The summed E-state index contributed by atoms with van der Waals surface area (Å²) in [6.07, 6.45) is 5.07. The number of nitrogens with one attached hydrogen (secondary N) is 1. The van der Waals surface area contributed by atoms with Crippen LogP contribution in [0.2, 0.25) is 0 Å². The third-order valence-electron chi connectivity index (χ3n) is 4.45. The Bertz CT molecular complexity index is 650. The van der Waals surface area contributed by atoms with E-state index in [9.17, 15) is 0 Å². The Morgan fingerprint density at radius 2 is 2.00 bits per heavy atom. The largest absolute Gasteiger partial charge is 0.367 e. The van der Waals surface area contributed by atoms with Gasteiger partial charge in [0, 0.05) is 24.5 Å². The van der Waals surface area contributed by atoms with Gasteiger partial charge < -0.3 is 10.2 Å². The third kappa shape index (κ3) is 2.67. The van der Waals surface area contributed by atoms with E-state index >= 15 is 0 Å². The van der Waals surface area contributed by atoms with E-state index in [0.29, 0.717) is 6.04 Å². The molecular weight excluding hydrogens is 260 g/mol. The van der Waals surface area contributed by atoms with Crippen molar-refractivity contribution < 1.29 is 0 Å². The van der Waals surface area contributed by atoms with Crippen molar-refractivity contribution in [2.75, 3.05) is 23.3 Å². The summed E-state index contributed by atoms with van der Waals surface area (Å²) in [5, 5.41) is 4.71. The van der Waals surface area contributed by atoms with Crippen LogP contribution in [0.5, 0.6) is 0 Å². The smallest absolute Gasteiger partial charge is 0.227 e. The van der Waals surface area contributed by atoms with E-state index < -0.39 is 0 Å². The molecule has 21 heavy (non-hydrogen) atoms. The van der Waals surface area contributed by atoms with Crippen LogP contribution in [0.3, 0.4) is 0 Å². The van der Waals surface area contributed by atoms with E-state index in [1.165, 1.54) is 25.7 Å². The Labute approximate surface area is 125 Å². The number of piperidine rings is 1. The Hall–Kier alpha value is -1.84. The SMILES string of the molecule is CC1CCCN(c2nc(NC3CC3)c3ccccc3n2)C1. The molecule has 1 N–H and O–H groups in total. The second-order valence-electron chi connectivity index (χ2n) is 6.50. The van der Waals surface area contributed by atoms with Crippen LogP contribution >= 0.6 is 0 Å². The van der Waals surface area contributed by atoms with E-state index in [2.05, 4.69) is 41.4 Å². The summed E-state index contributed by atoms with van der Waals surface area (Å²) in [6.45, 7) is 4.46. The molecule has 2 heterocycles. The predicted molar refractivity (Wildman–Crippen MR) is 86.8 cm³/mol. The molecule has 1 aliphatic carbocycles. The quantitative estimate of drug-likeness (QED) is 0.936. The molecule has 1 aromatic carbocycles. The number of nitrogens with zero attached hydrogens (tertiary/aromatic N) is 3. The maximum absolute atomic E-state index is 4.84. The lowest BCUT2D eigenvalue weighted by molar-refractivity contribution is 0.442. The topological polar surface area (TPSA) is 41.1 Å². The molecule has 2 fully saturated rings. The Morgan fingerprint density at radius 1 is 1.14 bits per heavy atom. The molecule has 0 bridgehead atoms. The van der Waals surface area contributed by atoms with Crippen LogP contribution in [0.1, 0.15) is 32.6 Å². The first-order chi connectivity index (χ1) is 10.3. The first-order valence-corrected chi connectivity index (χ1v) is 8.08. The molecule has 4 heteroatoms. The number of para-hydroxylation sites is 1. The summed E-state index contributed by atoms with van der Waals surface area (Å²) >= 11 is 0. The molecule has 1 unspecified atom stereocenters. The van der Waals surface area contributed by atoms with Gasteiger partial charge in [0.25, 0.3) is 0 Å². The van der Waals surface area contributed by atoms with Crippen molar-refractivity contribution in [2.45, 2.75) is 38.6 Å². The van der Waals surface area contributed by atoms with Crippen LogP contribution in [-0.4, -0.2) is 29.1 Å². The van der Waals surface area contributed by atoms with Crippen LogP contribution in [0, 0.1) is 5.92 Å². The zero-order valence-corrected chi connectivity index (χ0v) is 12.5. The van der Waals surface area contributed by atoms with E-state index in [1.807, 2.05) is 0 Å². The van der Waals surface area contributed by atoms with Gasteiger partial charge in [-0.3, -0.25) is 0 Å². The highest BCUT2D eigenvalue weighted by Gasteiger charge is 2.24. The highest BCUT2D eigenvalue weighted by molar-refractivity contribution is 5.90. The number of benzene rings is 1. The molecule has 0 radical (unpaired) electrons. The van der Waals surface area contributed by atoms with E-state index in [-0.39, 0.29) is 0 Å². The molecule has 1 saturated carbocycles. The lowest BCUT2D eigenvalue weighted by atomic mass is 10.0. The molecule has 0 spiro atoms. The molecule has 1 aromatic heterocycles. The van der Waals surface area contributed by atoms with Gasteiger partial charge >= 0.3 is 0 Å². The predicted octanol–water partition coefficient (Wildman–Crippen LogP) is 3.44. The highest BCUT2D eigenvalue weighted by atomic mass is 15.3. The lowest BCUT2D eigenvalue weighted by Gasteiger charge is -2.31. The van der Waals surface area contributed by atoms with Crippen LogP contribution in [-0.2, 0) is 0 Å². The van der Waals surface area contributed by atoms with Crippen molar-refractivity contribution in [1.82, 2.24) is 9.97 Å². The summed E-state index contributed by atoms with van der Waals surface area (Å²) in [7, 11) is 0. The molecule has 2 aromatic rings. The molecule has 110 valence electrons. The van der Waals surface area contributed by atoms with Crippen molar-refractivity contribution in [3.63, 3.8) is 0 Å². The molecule has 1 atom stereocenters. The first kappa shape index (κ1) is 12.9.